The van der Waals surface area contributed by atoms with Crippen molar-refractivity contribution in [3.8, 4) is 6.07 Å². The van der Waals surface area contributed by atoms with Crippen molar-refractivity contribution >= 4 is 0 Å². The molecule has 0 saturated carbocycles. The number of rotatable bonds is 1. The van der Waals surface area contributed by atoms with E-state index in [0.717, 1.165) is 0 Å². The molecule has 1 aliphatic heterocycles. The van der Waals surface area contributed by atoms with Crippen LogP contribution in [0.15, 0.2) is 12.1 Å². The summed E-state index contributed by atoms with van der Waals surface area (Å²) in [7, 11) is 0. The van der Waals surface area contributed by atoms with Gasteiger partial charge in [0.05, 0.1) is 12.0 Å². The molecule has 1 fully saturated rings. The normalized spacial score (nSPS) is 23.9. The Labute approximate surface area is 116 Å². The van der Waals surface area contributed by atoms with Gasteiger partial charge < -0.3 is 0 Å². The van der Waals surface area contributed by atoms with Crippen LogP contribution in [0.3, 0.4) is 0 Å². The largest absolute Gasteiger partial charge is 0.297 e. The molecule has 0 spiro atoms. The average molecular weight is 282 g/mol. The fraction of sp³-hybridized carbons (Fsp3) is 0.533. The SMILES string of the molecule is CC(C)(C)N1C[C@@H](C#N)[C@H](c2c(F)cc(F)cc2F)C1. The molecule has 0 amide bonds. The maximum atomic E-state index is 13.9. The van der Waals surface area contributed by atoms with Gasteiger partial charge in [-0.05, 0) is 20.8 Å². The molecule has 2 rings (SSSR count). The lowest BCUT2D eigenvalue weighted by Crippen LogP contribution is -2.39. The first kappa shape index (κ1) is 14.9. The van der Waals surface area contributed by atoms with Crippen LogP contribution in [0.1, 0.15) is 32.3 Å². The van der Waals surface area contributed by atoms with E-state index in [1.165, 1.54) is 0 Å². The highest BCUT2D eigenvalue weighted by Gasteiger charge is 2.40. The Balaban J connectivity index is 2.40. The van der Waals surface area contributed by atoms with E-state index in [2.05, 4.69) is 6.07 Å². The fourth-order valence-electron chi connectivity index (χ4n) is 2.68. The topological polar surface area (TPSA) is 27.0 Å². The molecule has 0 bridgehead atoms. The molecule has 2 nitrogen and oxygen atoms in total. The van der Waals surface area contributed by atoms with E-state index in [9.17, 15) is 18.4 Å². The van der Waals surface area contributed by atoms with Gasteiger partial charge in [-0.1, -0.05) is 0 Å². The van der Waals surface area contributed by atoms with E-state index in [-0.39, 0.29) is 11.1 Å². The van der Waals surface area contributed by atoms with Crippen molar-refractivity contribution in [3.05, 3.63) is 35.1 Å². The number of benzene rings is 1. The van der Waals surface area contributed by atoms with Gasteiger partial charge in [0.2, 0.25) is 0 Å². The van der Waals surface area contributed by atoms with Crippen LogP contribution in [0.2, 0.25) is 0 Å². The zero-order valence-corrected chi connectivity index (χ0v) is 11.8. The molecule has 108 valence electrons. The lowest BCUT2D eigenvalue weighted by Gasteiger charge is -2.31. The van der Waals surface area contributed by atoms with Gasteiger partial charge in [0.1, 0.15) is 17.5 Å². The zero-order valence-electron chi connectivity index (χ0n) is 11.8. The highest BCUT2D eigenvalue weighted by atomic mass is 19.1. The van der Waals surface area contributed by atoms with Gasteiger partial charge in [0.15, 0.2) is 0 Å². The number of halogens is 3. The first-order valence-electron chi connectivity index (χ1n) is 6.53. The Morgan fingerprint density at radius 2 is 1.70 bits per heavy atom. The third-order valence-corrected chi connectivity index (χ3v) is 3.85. The summed E-state index contributed by atoms with van der Waals surface area (Å²) in [6.45, 7) is 6.81. The smallest absolute Gasteiger partial charge is 0.132 e. The van der Waals surface area contributed by atoms with Crippen molar-refractivity contribution in [2.45, 2.75) is 32.2 Å². The first-order valence-corrected chi connectivity index (χ1v) is 6.53. The molecule has 5 heteroatoms. The van der Waals surface area contributed by atoms with E-state index < -0.39 is 29.3 Å². The molecule has 20 heavy (non-hydrogen) atoms. The zero-order chi connectivity index (χ0) is 15.1. The van der Waals surface area contributed by atoms with Gasteiger partial charge in [0, 0.05) is 42.2 Å². The third-order valence-electron chi connectivity index (χ3n) is 3.85. The summed E-state index contributed by atoms with van der Waals surface area (Å²) in [6, 6.07) is 3.46. The first-order chi connectivity index (χ1) is 9.24. The summed E-state index contributed by atoms with van der Waals surface area (Å²) in [5.74, 6) is -3.83. The predicted molar refractivity (Wildman–Crippen MR) is 69.5 cm³/mol. The molecule has 0 aliphatic carbocycles. The maximum absolute atomic E-state index is 13.9. The fourth-order valence-corrected chi connectivity index (χ4v) is 2.68. The minimum atomic E-state index is -0.942. The van der Waals surface area contributed by atoms with Gasteiger partial charge in [-0.25, -0.2) is 13.2 Å². The van der Waals surface area contributed by atoms with Crippen LogP contribution in [-0.4, -0.2) is 23.5 Å². The molecule has 0 unspecified atom stereocenters. The molecule has 1 aliphatic rings. The Kier molecular flexibility index (Phi) is 3.79. The van der Waals surface area contributed by atoms with Gasteiger partial charge in [-0.15, -0.1) is 0 Å². The van der Waals surface area contributed by atoms with E-state index in [0.29, 0.717) is 25.2 Å². The molecule has 1 heterocycles. The lowest BCUT2D eigenvalue weighted by molar-refractivity contribution is 0.169. The summed E-state index contributed by atoms with van der Waals surface area (Å²) in [5, 5.41) is 9.22. The Morgan fingerprint density at radius 1 is 1.15 bits per heavy atom. The Bertz CT molecular complexity index is 534. The van der Waals surface area contributed by atoms with Crippen LogP contribution in [-0.2, 0) is 0 Å². The lowest BCUT2D eigenvalue weighted by atomic mass is 9.89. The maximum Gasteiger partial charge on any atom is 0.132 e. The van der Waals surface area contributed by atoms with Crippen molar-refractivity contribution in [1.29, 1.82) is 5.26 Å². The molecule has 1 saturated heterocycles. The monoisotopic (exact) mass is 282 g/mol. The second-order valence-corrected chi connectivity index (χ2v) is 6.20. The van der Waals surface area contributed by atoms with Crippen molar-refractivity contribution < 1.29 is 13.2 Å². The minimum absolute atomic E-state index is 0.176. The number of nitrogens with zero attached hydrogens (tertiary/aromatic N) is 2. The van der Waals surface area contributed by atoms with Gasteiger partial charge >= 0.3 is 0 Å². The van der Waals surface area contributed by atoms with Crippen molar-refractivity contribution in [2.75, 3.05) is 13.1 Å². The quantitative estimate of drug-likeness (QED) is 0.789. The number of hydrogen-bond donors (Lipinski definition) is 0. The average Bonchev–Trinajstić information content (AvgIpc) is 2.71. The summed E-state index contributed by atoms with van der Waals surface area (Å²) in [4.78, 5) is 2.02. The molecular formula is C15H17F3N2. The summed E-state index contributed by atoms with van der Waals surface area (Å²) >= 11 is 0. The van der Waals surface area contributed by atoms with Crippen molar-refractivity contribution in [1.82, 2.24) is 4.90 Å². The predicted octanol–water partition coefficient (Wildman–Crippen LogP) is 3.44. The highest BCUT2D eigenvalue weighted by Crippen LogP contribution is 2.38. The van der Waals surface area contributed by atoms with Crippen LogP contribution >= 0.6 is 0 Å². The standard InChI is InChI=1S/C15H17F3N2/c1-15(2,3)20-7-9(6-19)11(8-20)14-12(17)4-10(16)5-13(14)18/h4-5,9,11H,7-8H2,1-3H3/t9-,11-/m1/s1. The molecule has 0 radical (unpaired) electrons. The van der Waals surface area contributed by atoms with E-state index in [1.54, 1.807) is 0 Å². The molecule has 0 aromatic heterocycles. The number of hydrogen-bond acceptors (Lipinski definition) is 2. The van der Waals surface area contributed by atoms with Crippen LogP contribution < -0.4 is 0 Å². The molecular weight excluding hydrogens is 265 g/mol. The van der Waals surface area contributed by atoms with E-state index in [1.807, 2.05) is 25.7 Å². The highest BCUT2D eigenvalue weighted by molar-refractivity contribution is 5.29. The molecule has 0 N–H and O–H groups in total. The molecule has 1 aromatic rings. The van der Waals surface area contributed by atoms with Gasteiger partial charge in [-0.3, -0.25) is 4.90 Å². The van der Waals surface area contributed by atoms with Crippen LogP contribution in [0.5, 0.6) is 0 Å². The van der Waals surface area contributed by atoms with Crippen LogP contribution in [0.4, 0.5) is 13.2 Å². The van der Waals surface area contributed by atoms with Crippen molar-refractivity contribution in [2.24, 2.45) is 5.92 Å². The number of nitriles is 1. The second-order valence-electron chi connectivity index (χ2n) is 6.20. The Hall–Kier alpha value is -1.54. The van der Waals surface area contributed by atoms with Gasteiger partial charge in [-0.2, -0.15) is 5.26 Å². The van der Waals surface area contributed by atoms with Crippen LogP contribution in [0, 0.1) is 34.7 Å². The number of likely N-dealkylation sites (tertiary alicyclic amines) is 1. The second kappa shape index (κ2) is 5.10. The van der Waals surface area contributed by atoms with E-state index >= 15 is 0 Å². The van der Waals surface area contributed by atoms with Crippen LogP contribution in [0.25, 0.3) is 0 Å². The minimum Gasteiger partial charge on any atom is -0.297 e. The van der Waals surface area contributed by atoms with Gasteiger partial charge in [0.25, 0.3) is 0 Å². The summed E-state index contributed by atoms with van der Waals surface area (Å²) in [5.41, 5.74) is -0.360. The van der Waals surface area contributed by atoms with E-state index in [4.69, 9.17) is 0 Å². The molecule has 2 atom stereocenters. The van der Waals surface area contributed by atoms with Crippen molar-refractivity contribution in [3.63, 3.8) is 0 Å². The summed E-state index contributed by atoms with van der Waals surface area (Å²) < 4.78 is 40.8. The Morgan fingerprint density at radius 3 is 2.15 bits per heavy atom. The summed E-state index contributed by atoms with van der Waals surface area (Å²) in [6.07, 6.45) is 0. The molecule has 1 aromatic carbocycles. The third kappa shape index (κ3) is 2.66.